The standard InChI is InChI=1S/C16H18N2O3S/c1-2-21-15(19)10-13(16(20)14-4-3-9-22-14)18-11-12-5-7-17-8-6-12/h3-9,13,18H,2,10-11H2,1H3. The first kappa shape index (κ1) is 16.3. The predicted molar refractivity (Wildman–Crippen MR) is 84.8 cm³/mol. The van der Waals surface area contributed by atoms with Gasteiger partial charge >= 0.3 is 5.97 Å². The number of hydrogen-bond acceptors (Lipinski definition) is 6. The number of thiophene rings is 1. The van der Waals surface area contributed by atoms with E-state index in [1.54, 1.807) is 25.4 Å². The van der Waals surface area contributed by atoms with Gasteiger partial charge in [0.15, 0.2) is 5.78 Å². The Labute approximate surface area is 133 Å². The smallest absolute Gasteiger partial charge is 0.307 e. The van der Waals surface area contributed by atoms with Crippen LogP contribution in [0.25, 0.3) is 0 Å². The number of rotatable bonds is 8. The van der Waals surface area contributed by atoms with Gasteiger partial charge in [-0.1, -0.05) is 6.07 Å². The van der Waals surface area contributed by atoms with Crippen LogP contribution in [0.15, 0.2) is 42.0 Å². The fourth-order valence-electron chi connectivity index (χ4n) is 1.98. The summed E-state index contributed by atoms with van der Waals surface area (Å²) in [6.45, 7) is 2.55. The van der Waals surface area contributed by atoms with E-state index >= 15 is 0 Å². The van der Waals surface area contributed by atoms with Crippen LogP contribution in [-0.4, -0.2) is 29.4 Å². The molecule has 1 unspecified atom stereocenters. The van der Waals surface area contributed by atoms with Crippen LogP contribution in [0.4, 0.5) is 0 Å². The minimum absolute atomic E-state index is 0.0235. The lowest BCUT2D eigenvalue weighted by Crippen LogP contribution is -2.38. The third-order valence-corrected chi connectivity index (χ3v) is 3.94. The number of Topliss-reactive ketones (excluding diaryl/α,β-unsaturated/α-hetero) is 1. The fourth-order valence-corrected chi connectivity index (χ4v) is 2.70. The van der Waals surface area contributed by atoms with Gasteiger partial charge in [-0.2, -0.15) is 0 Å². The van der Waals surface area contributed by atoms with Crippen molar-refractivity contribution in [3.63, 3.8) is 0 Å². The molecule has 1 N–H and O–H groups in total. The van der Waals surface area contributed by atoms with Crippen molar-refractivity contribution >= 4 is 23.1 Å². The first-order valence-corrected chi connectivity index (χ1v) is 7.94. The number of carbonyl (C=O) groups excluding carboxylic acids is 2. The molecule has 22 heavy (non-hydrogen) atoms. The van der Waals surface area contributed by atoms with Crippen molar-refractivity contribution in [1.82, 2.24) is 10.3 Å². The minimum Gasteiger partial charge on any atom is -0.466 e. The lowest BCUT2D eigenvalue weighted by molar-refractivity contribution is -0.143. The lowest BCUT2D eigenvalue weighted by Gasteiger charge is -2.16. The van der Waals surface area contributed by atoms with E-state index in [0.717, 1.165) is 5.56 Å². The molecule has 0 amide bonds. The summed E-state index contributed by atoms with van der Waals surface area (Å²) in [4.78, 5) is 28.8. The van der Waals surface area contributed by atoms with E-state index in [0.29, 0.717) is 18.0 Å². The molecule has 0 bridgehead atoms. The molecule has 0 radical (unpaired) electrons. The number of carbonyl (C=O) groups is 2. The lowest BCUT2D eigenvalue weighted by atomic mass is 10.1. The molecule has 116 valence electrons. The van der Waals surface area contributed by atoms with Gasteiger partial charge < -0.3 is 10.1 Å². The number of nitrogens with one attached hydrogen (secondary N) is 1. The maximum atomic E-state index is 12.5. The van der Waals surface area contributed by atoms with E-state index in [1.807, 2.05) is 23.6 Å². The second kappa shape index (κ2) is 8.41. The summed E-state index contributed by atoms with van der Waals surface area (Å²) < 4.78 is 4.95. The molecule has 6 heteroatoms. The summed E-state index contributed by atoms with van der Waals surface area (Å²) in [6.07, 6.45) is 3.41. The first-order valence-electron chi connectivity index (χ1n) is 7.06. The molecule has 0 aliphatic heterocycles. The normalized spacial score (nSPS) is 11.9. The van der Waals surface area contributed by atoms with Gasteiger partial charge in [-0.15, -0.1) is 11.3 Å². The van der Waals surface area contributed by atoms with Crippen molar-refractivity contribution in [3.05, 3.63) is 52.5 Å². The number of pyridine rings is 1. The second-order valence-corrected chi connectivity index (χ2v) is 5.59. The highest BCUT2D eigenvalue weighted by atomic mass is 32.1. The second-order valence-electron chi connectivity index (χ2n) is 4.64. The van der Waals surface area contributed by atoms with Gasteiger partial charge in [0, 0.05) is 18.9 Å². The van der Waals surface area contributed by atoms with Gasteiger partial charge in [-0.05, 0) is 36.1 Å². The molecule has 1 atom stereocenters. The van der Waals surface area contributed by atoms with Crippen LogP contribution >= 0.6 is 11.3 Å². The highest BCUT2D eigenvalue weighted by Crippen LogP contribution is 2.14. The molecule has 0 fully saturated rings. The molecule has 0 aromatic carbocycles. The van der Waals surface area contributed by atoms with Crippen molar-refractivity contribution in [1.29, 1.82) is 0 Å². The van der Waals surface area contributed by atoms with E-state index in [4.69, 9.17) is 4.74 Å². The molecule has 0 saturated heterocycles. The Kier molecular flexibility index (Phi) is 6.24. The zero-order valence-electron chi connectivity index (χ0n) is 12.3. The van der Waals surface area contributed by atoms with Crippen LogP contribution in [0.5, 0.6) is 0 Å². The molecule has 0 saturated carbocycles. The Bertz CT molecular complexity index is 599. The summed E-state index contributed by atoms with van der Waals surface area (Å²) in [5, 5.41) is 4.99. The van der Waals surface area contributed by atoms with Crippen molar-refractivity contribution in [2.45, 2.75) is 25.9 Å². The van der Waals surface area contributed by atoms with Crippen molar-refractivity contribution < 1.29 is 14.3 Å². The largest absolute Gasteiger partial charge is 0.466 e. The zero-order valence-corrected chi connectivity index (χ0v) is 13.1. The Morgan fingerprint density at radius 2 is 2.09 bits per heavy atom. The quantitative estimate of drug-likeness (QED) is 0.598. The van der Waals surface area contributed by atoms with E-state index in [9.17, 15) is 9.59 Å². The number of esters is 1. The molecule has 0 aliphatic carbocycles. The Morgan fingerprint density at radius 1 is 1.32 bits per heavy atom. The maximum Gasteiger partial charge on any atom is 0.307 e. The average molecular weight is 318 g/mol. The van der Waals surface area contributed by atoms with Crippen molar-refractivity contribution in [2.75, 3.05) is 6.61 Å². The van der Waals surface area contributed by atoms with Gasteiger partial charge in [0.1, 0.15) is 0 Å². The number of nitrogens with zero attached hydrogens (tertiary/aromatic N) is 1. The fraction of sp³-hybridized carbons (Fsp3) is 0.312. The molecule has 2 aromatic rings. The Morgan fingerprint density at radius 3 is 2.73 bits per heavy atom. The third-order valence-electron chi connectivity index (χ3n) is 3.06. The summed E-state index contributed by atoms with van der Waals surface area (Å²) >= 11 is 1.37. The van der Waals surface area contributed by atoms with Gasteiger partial charge in [-0.25, -0.2) is 0 Å². The van der Waals surface area contributed by atoms with E-state index in [2.05, 4.69) is 10.3 Å². The molecule has 2 heterocycles. The number of ketones is 1. The molecule has 2 rings (SSSR count). The predicted octanol–water partition coefficient (Wildman–Crippen LogP) is 2.44. The van der Waals surface area contributed by atoms with E-state index in [1.165, 1.54) is 11.3 Å². The molecular formula is C16H18N2O3S. The number of ether oxygens (including phenoxy) is 1. The van der Waals surface area contributed by atoms with Crippen LogP contribution in [0.3, 0.4) is 0 Å². The monoisotopic (exact) mass is 318 g/mol. The molecule has 0 aliphatic rings. The SMILES string of the molecule is CCOC(=O)CC(NCc1ccncc1)C(=O)c1cccs1. The van der Waals surface area contributed by atoms with Crippen LogP contribution < -0.4 is 5.32 Å². The zero-order chi connectivity index (χ0) is 15.8. The van der Waals surface area contributed by atoms with Crippen LogP contribution in [0.1, 0.15) is 28.6 Å². The van der Waals surface area contributed by atoms with Crippen molar-refractivity contribution in [2.24, 2.45) is 0 Å². The third kappa shape index (κ3) is 4.75. The molecule has 0 spiro atoms. The Hall–Kier alpha value is -2.05. The minimum atomic E-state index is -0.592. The van der Waals surface area contributed by atoms with Crippen molar-refractivity contribution in [3.8, 4) is 0 Å². The molecule has 2 aromatic heterocycles. The summed E-state index contributed by atoms with van der Waals surface area (Å²) in [6, 6.07) is 6.72. The van der Waals surface area contributed by atoms with Gasteiger partial charge in [0.25, 0.3) is 0 Å². The summed E-state index contributed by atoms with van der Waals surface area (Å²) in [5.41, 5.74) is 1.00. The Balaban J connectivity index is 2.04. The maximum absolute atomic E-state index is 12.5. The van der Waals surface area contributed by atoms with Gasteiger partial charge in [0.2, 0.25) is 0 Å². The highest BCUT2D eigenvalue weighted by Gasteiger charge is 2.24. The molecule has 5 nitrogen and oxygen atoms in total. The topological polar surface area (TPSA) is 68.3 Å². The number of hydrogen-bond donors (Lipinski definition) is 1. The van der Waals surface area contributed by atoms with E-state index in [-0.39, 0.29) is 18.2 Å². The van der Waals surface area contributed by atoms with Crippen LogP contribution in [-0.2, 0) is 16.1 Å². The van der Waals surface area contributed by atoms with Gasteiger partial charge in [-0.3, -0.25) is 14.6 Å². The highest BCUT2D eigenvalue weighted by molar-refractivity contribution is 7.12. The first-order chi connectivity index (χ1) is 10.7. The average Bonchev–Trinajstić information content (AvgIpc) is 3.06. The van der Waals surface area contributed by atoms with Gasteiger partial charge in [0.05, 0.1) is 23.9 Å². The molecular weight excluding hydrogens is 300 g/mol. The van der Waals surface area contributed by atoms with Crippen LogP contribution in [0, 0.1) is 0 Å². The summed E-state index contributed by atoms with van der Waals surface area (Å²) in [7, 11) is 0. The van der Waals surface area contributed by atoms with E-state index < -0.39 is 6.04 Å². The number of aromatic nitrogens is 1. The summed E-state index contributed by atoms with van der Waals surface area (Å²) in [5.74, 6) is -0.461. The van der Waals surface area contributed by atoms with Crippen LogP contribution in [0.2, 0.25) is 0 Å².